The van der Waals surface area contributed by atoms with Crippen LogP contribution in [0.5, 0.6) is 5.75 Å². The van der Waals surface area contributed by atoms with Crippen molar-refractivity contribution >= 4 is 0 Å². The van der Waals surface area contributed by atoms with Crippen molar-refractivity contribution in [1.82, 2.24) is 0 Å². The fraction of sp³-hybridized carbons (Fsp3) is 0.667. The minimum absolute atomic E-state index is 0.0508. The number of ether oxygens (including phenoxy) is 1. The van der Waals surface area contributed by atoms with Crippen LogP contribution in [0.4, 0.5) is 0 Å². The van der Waals surface area contributed by atoms with Crippen LogP contribution in [0.25, 0.3) is 0 Å². The largest absolute Gasteiger partial charge is 0.488 e. The number of hydrogen-bond donors (Lipinski definition) is 0. The quantitative estimate of drug-likeness (QED) is 0.471. The summed E-state index contributed by atoms with van der Waals surface area (Å²) in [6.07, 6.45) is 10.6. The molecule has 0 N–H and O–H groups in total. The zero-order chi connectivity index (χ0) is 14.0. The molecule has 0 radical (unpaired) electrons. The number of benzene rings is 1. The lowest BCUT2D eigenvalue weighted by Crippen LogP contribution is -2.27. The van der Waals surface area contributed by atoms with Gasteiger partial charge in [0.1, 0.15) is 11.4 Å². The van der Waals surface area contributed by atoms with Gasteiger partial charge in [0.05, 0.1) is 0 Å². The summed E-state index contributed by atoms with van der Waals surface area (Å²) in [6, 6.07) is 10.1. The number of unbranched alkanes of at least 4 members (excludes halogenated alkanes) is 6. The SMILES string of the molecule is CCCCCCCCCC(C)(C)Oc1ccccc1. The van der Waals surface area contributed by atoms with Gasteiger partial charge >= 0.3 is 0 Å². The van der Waals surface area contributed by atoms with Crippen molar-refractivity contribution < 1.29 is 4.74 Å². The van der Waals surface area contributed by atoms with E-state index >= 15 is 0 Å². The van der Waals surface area contributed by atoms with Crippen molar-refractivity contribution in [1.29, 1.82) is 0 Å². The van der Waals surface area contributed by atoms with Gasteiger partial charge in [-0.1, -0.05) is 63.6 Å². The van der Waals surface area contributed by atoms with Crippen molar-refractivity contribution in [2.24, 2.45) is 0 Å². The van der Waals surface area contributed by atoms with Crippen LogP contribution >= 0.6 is 0 Å². The highest BCUT2D eigenvalue weighted by Gasteiger charge is 2.18. The van der Waals surface area contributed by atoms with Gasteiger partial charge in [-0.25, -0.2) is 0 Å². The molecule has 0 aliphatic carbocycles. The summed E-state index contributed by atoms with van der Waals surface area (Å²) in [5, 5.41) is 0. The van der Waals surface area contributed by atoms with Crippen molar-refractivity contribution in [3.05, 3.63) is 30.3 Å². The predicted molar refractivity (Wildman–Crippen MR) is 83.8 cm³/mol. The molecule has 0 aliphatic heterocycles. The average molecular weight is 262 g/mol. The molecule has 1 aromatic rings. The van der Waals surface area contributed by atoms with Crippen LogP contribution in [0, 0.1) is 0 Å². The molecular formula is C18H30O. The van der Waals surface area contributed by atoms with Gasteiger partial charge in [-0.15, -0.1) is 0 Å². The van der Waals surface area contributed by atoms with Gasteiger partial charge in [0.25, 0.3) is 0 Å². The Morgan fingerprint density at radius 3 is 2.05 bits per heavy atom. The Labute approximate surface area is 119 Å². The van der Waals surface area contributed by atoms with Crippen LogP contribution in [0.3, 0.4) is 0 Å². The Morgan fingerprint density at radius 2 is 1.42 bits per heavy atom. The fourth-order valence-corrected chi connectivity index (χ4v) is 2.37. The monoisotopic (exact) mass is 262 g/mol. The second-order valence-corrected chi connectivity index (χ2v) is 6.05. The van der Waals surface area contributed by atoms with Crippen molar-refractivity contribution in [2.75, 3.05) is 0 Å². The van der Waals surface area contributed by atoms with Gasteiger partial charge in [0.2, 0.25) is 0 Å². The summed E-state index contributed by atoms with van der Waals surface area (Å²) in [6.45, 7) is 6.65. The lowest BCUT2D eigenvalue weighted by Gasteiger charge is -2.26. The second kappa shape index (κ2) is 9.01. The van der Waals surface area contributed by atoms with E-state index < -0.39 is 0 Å². The Bertz CT molecular complexity index is 316. The molecule has 0 amide bonds. The molecule has 1 nitrogen and oxygen atoms in total. The lowest BCUT2D eigenvalue weighted by atomic mass is 9.99. The highest BCUT2D eigenvalue weighted by molar-refractivity contribution is 5.21. The molecule has 1 aromatic carbocycles. The zero-order valence-corrected chi connectivity index (χ0v) is 13.0. The number of para-hydroxylation sites is 1. The van der Waals surface area contributed by atoms with E-state index in [1.165, 1.54) is 44.9 Å². The molecule has 19 heavy (non-hydrogen) atoms. The molecule has 0 aliphatic rings. The van der Waals surface area contributed by atoms with Gasteiger partial charge < -0.3 is 4.74 Å². The summed E-state index contributed by atoms with van der Waals surface area (Å²) in [5.41, 5.74) is -0.0508. The molecule has 0 unspecified atom stereocenters. The minimum Gasteiger partial charge on any atom is -0.488 e. The maximum absolute atomic E-state index is 6.05. The van der Waals surface area contributed by atoms with E-state index in [0.29, 0.717) is 0 Å². The molecule has 0 fully saturated rings. The van der Waals surface area contributed by atoms with Crippen molar-refractivity contribution in [3.63, 3.8) is 0 Å². The van der Waals surface area contributed by atoms with E-state index in [-0.39, 0.29) is 5.60 Å². The third kappa shape index (κ3) is 7.92. The highest BCUT2D eigenvalue weighted by atomic mass is 16.5. The van der Waals surface area contributed by atoms with Crippen LogP contribution in [-0.4, -0.2) is 5.60 Å². The maximum Gasteiger partial charge on any atom is 0.120 e. The van der Waals surface area contributed by atoms with Crippen LogP contribution in [-0.2, 0) is 0 Å². The molecular weight excluding hydrogens is 232 g/mol. The third-order valence-electron chi connectivity index (χ3n) is 3.52. The standard InChI is InChI=1S/C18H30O/c1-4-5-6-7-8-9-13-16-18(2,3)19-17-14-11-10-12-15-17/h10-12,14-15H,4-9,13,16H2,1-3H3. The van der Waals surface area contributed by atoms with E-state index in [0.717, 1.165) is 12.2 Å². The topological polar surface area (TPSA) is 9.23 Å². The van der Waals surface area contributed by atoms with Crippen molar-refractivity contribution in [3.8, 4) is 5.75 Å². The lowest BCUT2D eigenvalue weighted by molar-refractivity contribution is 0.0960. The summed E-state index contributed by atoms with van der Waals surface area (Å²) < 4.78 is 6.05. The molecule has 0 saturated heterocycles. The van der Waals surface area contributed by atoms with Crippen LogP contribution < -0.4 is 4.74 Å². The van der Waals surface area contributed by atoms with E-state index in [4.69, 9.17) is 4.74 Å². The van der Waals surface area contributed by atoms with E-state index in [2.05, 4.69) is 20.8 Å². The van der Waals surface area contributed by atoms with Crippen LogP contribution in [0.1, 0.15) is 72.1 Å². The fourth-order valence-electron chi connectivity index (χ4n) is 2.37. The smallest absolute Gasteiger partial charge is 0.120 e. The first-order chi connectivity index (χ1) is 9.14. The molecule has 0 bridgehead atoms. The normalized spacial score (nSPS) is 11.5. The second-order valence-electron chi connectivity index (χ2n) is 6.05. The van der Waals surface area contributed by atoms with E-state index in [1.807, 2.05) is 30.3 Å². The minimum atomic E-state index is -0.0508. The van der Waals surface area contributed by atoms with E-state index in [1.54, 1.807) is 0 Å². The summed E-state index contributed by atoms with van der Waals surface area (Å²) in [4.78, 5) is 0. The Balaban J connectivity index is 2.13. The number of hydrogen-bond acceptors (Lipinski definition) is 1. The highest BCUT2D eigenvalue weighted by Crippen LogP contribution is 2.23. The van der Waals surface area contributed by atoms with Crippen LogP contribution in [0.2, 0.25) is 0 Å². The van der Waals surface area contributed by atoms with E-state index in [9.17, 15) is 0 Å². The zero-order valence-electron chi connectivity index (χ0n) is 13.0. The molecule has 0 spiro atoms. The average Bonchev–Trinajstić information content (AvgIpc) is 2.38. The first kappa shape index (κ1) is 16.1. The Kier molecular flexibility index (Phi) is 7.62. The molecule has 0 heterocycles. The first-order valence-corrected chi connectivity index (χ1v) is 7.88. The number of rotatable bonds is 10. The summed E-state index contributed by atoms with van der Waals surface area (Å²) >= 11 is 0. The maximum atomic E-state index is 6.05. The van der Waals surface area contributed by atoms with Crippen LogP contribution in [0.15, 0.2) is 30.3 Å². The Morgan fingerprint density at radius 1 is 0.842 bits per heavy atom. The predicted octanol–water partition coefficient (Wildman–Crippen LogP) is 5.98. The third-order valence-corrected chi connectivity index (χ3v) is 3.52. The summed E-state index contributed by atoms with van der Waals surface area (Å²) in [7, 11) is 0. The molecule has 1 rings (SSSR count). The molecule has 0 saturated carbocycles. The summed E-state index contributed by atoms with van der Waals surface area (Å²) in [5.74, 6) is 0.982. The van der Waals surface area contributed by atoms with Gasteiger partial charge in [-0.3, -0.25) is 0 Å². The molecule has 0 aromatic heterocycles. The molecule has 0 atom stereocenters. The van der Waals surface area contributed by atoms with Gasteiger partial charge in [-0.2, -0.15) is 0 Å². The molecule has 1 heteroatoms. The van der Waals surface area contributed by atoms with Gasteiger partial charge in [-0.05, 0) is 38.8 Å². The van der Waals surface area contributed by atoms with Gasteiger partial charge in [0.15, 0.2) is 0 Å². The van der Waals surface area contributed by atoms with Crippen molar-refractivity contribution in [2.45, 2.75) is 77.7 Å². The Hall–Kier alpha value is -0.980. The first-order valence-electron chi connectivity index (χ1n) is 7.88. The molecule has 108 valence electrons. The van der Waals surface area contributed by atoms with Gasteiger partial charge in [0, 0.05) is 0 Å².